The monoisotopic (exact) mass is 423 g/mol. The molecule has 2 aromatic heterocycles. The first-order chi connectivity index (χ1) is 15.0. The van der Waals surface area contributed by atoms with E-state index >= 15 is 0 Å². The van der Waals surface area contributed by atoms with Crippen molar-refractivity contribution in [2.75, 3.05) is 36.9 Å². The lowest BCUT2D eigenvalue weighted by Crippen LogP contribution is -2.41. The zero-order chi connectivity index (χ0) is 21.8. The van der Waals surface area contributed by atoms with Crippen molar-refractivity contribution in [3.05, 3.63) is 64.3 Å². The van der Waals surface area contributed by atoms with Crippen LogP contribution in [0.1, 0.15) is 15.9 Å². The van der Waals surface area contributed by atoms with E-state index in [0.717, 1.165) is 0 Å². The van der Waals surface area contributed by atoms with Gasteiger partial charge in [-0.2, -0.15) is 0 Å². The molecule has 0 unspecified atom stereocenters. The molecule has 0 bridgehead atoms. The third kappa shape index (κ3) is 4.52. The molecule has 1 fully saturated rings. The highest BCUT2D eigenvalue weighted by atomic mass is 16.5. The summed E-state index contributed by atoms with van der Waals surface area (Å²) in [6.07, 6.45) is 4.73. The van der Waals surface area contributed by atoms with Gasteiger partial charge in [0.1, 0.15) is 0 Å². The molecule has 11 heteroatoms. The Hall–Kier alpha value is -3.83. The highest BCUT2D eigenvalue weighted by Crippen LogP contribution is 2.19. The molecule has 3 aromatic rings. The predicted octanol–water partition coefficient (Wildman–Crippen LogP) is 0.286. The van der Waals surface area contributed by atoms with Crippen LogP contribution in [0.25, 0.3) is 11.3 Å². The molecule has 0 radical (unpaired) electrons. The van der Waals surface area contributed by atoms with E-state index in [1.807, 2.05) is 4.90 Å². The van der Waals surface area contributed by atoms with Crippen molar-refractivity contribution in [1.29, 1.82) is 0 Å². The Bertz CT molecular complexity index is 1140. The van der Waals surface area contributed by atoms with Gasteiger partial charge in [-0.3, -0.25) is 14.8 Å². The third-order valence-corrected chi connectivity index (χ3v) is 4.88. The number of nitrogens with two attached hydrogens (primary N) is 1. The first-order valence-corrected chi connectivity index (χ1v) is 9.60. The van der Waals surface area contributed by atoms with Gasteiger partial charge in [0.05, 0.1) is 25.5 Å². The number of aromatic nitrogens is 4. The van der Waals surface area contributed by atoms with Gasteiger partial charge in [-0.1, -0.05) is 12.1 Å². The Morgan fingerprint density at radius 3 is 2.68 bits per heavy atom. The lowest BCUT2D eigenvalue weighted by molar-refractivity contribution is 0.0706. The van der Waals surface area contributed by atoms with Gasteiger partial charge in [0, 0.05) is 42.8 Å². The van der Waals surface area contributed by atoms with Crippen molar-refractivity contribution in [1.82, 2.24) is 25.0 Å². The fourth-order valence-electron chi connectivity index (χ4n) is 3.31. The van der Waals surface area contributed by atoms with E-state index in [0.29, 0.717) is 48.9 Å². The minimum atomic E-state index is -0.627. The normalized spacial score (nSPS) is 13.8. The van der Waals surface area contributed by atoms with Gasteiger partial charge in [0.2, 0.25) is 5.95 Å². The molecule has 4 N–H and O–H groups in total. The number of rotatable bonds is 5. The Balaban J connectivity index is 1.77. The first kappa shape index (κ1) is 20.4. The maximum Gasteiger partial charge on any atom is 0.293 e. The van der Waals surface area contributed by atoms with Gasteiger partial charge in [0.25, 0.3) is 11.5 Å². The average Bonchev–Trinajstić information content (AvgIpc) is 2.81. The van der Waals surface area contributed by atoms with Crippen LogP contribution < -0.4 is 21.7 Å². The van der Waals surface area contributed by atoms with Gasteiger partial charge in [-0.25, -0.2) is 20.4 Å². The summed E-state index contributed by atoms with van der Waals surface area (Å²) < 4.78 is 6.92. The van der Waals surface area contributed by atoms with Crippen molar-refractivity contribution in [3.63, 3.8) is 0 Å². The van der Waals surface area contributed by atoms with Crippen LogP contribution in [-0.4, -0.2) is 56.9 Å². The highest BCUT2D eigenvalue weighted by molar-refractivity contribution is 5.93. The highest BCUT2D eigenvalue weighted by Gasteiger charge is 2.19. The summed E-state index contributed by atoms with van der Waals surface area (Å²) >= 11 is 0. The van der Waals surface area contributed by atoms with Crippen molar-refractivity contribution in [2.24, 2.45) is 0 Å². The number of carbonyl (C=O) groups is 1. The zero-order valence-corrected chi connectivity index (χ0v) is 16.6. The second-order valence-electron chi connectivity index (χ2n) is 6.95. The second kappa shape index (κ2) is 8.90. The fraction of sp³-hybridized carbons (Fsp3) is 0.250. The summed E-state index contributed by atoms with van der Waals surface area (Å²) in [7, 11) is 0. The van der Waals surface area contributed by atoms with Crippen molar-refractivity contribution >= 4 is 17.7 Å². The van der Waals surface area contributed by atoms with E-state index in [1.165, 1.54) is 4.57 Å². The van der Waals surface area contributed by atoms with Crippen LogP contribution >= 0.6 is 0 Å². The summed E-state index contributed by atoms with van der Waals surface area (Å²) in [4.78, 5) is 39.5. The van der Waals surface area contributed by atoms with Crippen LogP contribution in [0, 0.1) is 0 Å². The third-order valence-electron chi connectivity index (χ3n) is 4.88. The Labute approximate surface area is 177 Å². The quantitative estimate of drug-likeness (QED) is 0.389. The number of nitrogen functional groups attached to an aromatic ring is 1. The minimum Gasteiger partial charge on any atom is -0.378 e. The summed E-state index contributed by atoms with van der Waals surface area (Å²) in [5, 5.41) is 8.88. The van der Waals surface area contributed by atoms with Crippen LogP contribution in [-0.2, 0) is 11.3 Å². The maximum atomic E-state index is 13.2. The Kier molecular flexibility index (Phi) is 5.87. The SMILES string of the molecule is Nc1ncc(-c2cn(Cc3cccc(C(=O)NO)c3)c(=O)c(N3CCOCC3)n2)cn1. The van der Waals surface area contributed by atoms with E-state index in [4.69, 9.17) is 15.7 Å². The largest absolute Gasteiger partial charge is 0.378 e. The molecule has 11 nitrogen and oxygen atoms in total. The fourth-order valence-corrected chi connectivity index (χ4v) is 3.31. The number of hydrogen-bond donors (Lipinski definition) is 3. The van der Waals surface area contributed by atoms with E-state index in [2.05, 4.69) is 15.0 Å². The second-order valence-corrected chi connectivity index (χ2v) is 6.95. The molecule has 160 valence electrons. The zero-order valence-electron chi connectivity index (χ0n) is 16.6. The summed E-state index contributed by atoms with van der Waals surface area (Å²) in [5.41, 5.74) is 9.06. The van der Waals surface area contributed by atoms with Crippen LogP contribution in [0.15, 0.2) is 47.7 Å². The molecular weight excluding hydrogens is 402 g/mol. The van der Waals surface area contributed by atoms with Crippen LogP contribution in [0.3, 0.4) is 0 Å². The van der Waals surface area contributed by atoms with Gasteiger partial charge >= 0.3 is 0 Å². The van der Waals surface area contributed by atoms with Crippen molar-refractivity contribution in [2.45, 2.75) is 6.54 Å². The number of nitrogens with one attached hydrogen (secondary N) is 1. The summed E-state index contributed by atoms with van der Waals surface area (Å²) in [5.74, 6) is -0.177. The predicted molar refractivity (Wildman–Crippen MR) is 112 cm³/mol. The van der Waals surface area contributed by atoms with E-state index in [1.54, 1.807) is 48.3 Å². The smallest absolute Gasteiger partial charge is 0.293 e. The number of hydrogen-bond acceptors (Lipinski definition) is 9. The van der Waals surface area contributed by atoms with E-state index in [-0.39, 0.29) is 23.6 Å². The van der Waals surface area contributed by atoms with Crippen molar-refractivity contribution in [3.8, 4) is 11.3 Å². The molecule has 1 aliphatic heterocycles. The number of benzene rings is 1. The lowest BCUT2D eigenvalue weighted by Gasteiger charge is -2.28. The topological polar surface area (TPSA) is 148 Å². The first-order valence-electron chi connectivity index (χ1n) is 9.60. The molecule has 0 atom stereocenters. The summed E-state index contributed by atoms with van der Waals surface area (Å²) in [6, 6.07) is 6.66. The summed E-state index contributed by atoms with van der Waals surface area (Å²) in [6.45, 7) is 2.32. The number of anilines is 2. The Morgan fingerprint density at radius 1 is 1.23 bits per heavy atom. The molecule has 1 aliphatic rings. The van der Waals surface area contributed by atoms with Gasteiger partial charge in [-0.05, 0) is 17.7 Å². The van der Waals surface area contributed by atoms with Crippen molar-refractivity contribution < 1.29 is 14.7 Å². The molecule has 0 saturated carbocycles. The molecule has 4 rings (SSSR count). The standard InChI is InChI=1S/C20H21N7O4/c21-20-22-9-15(10-23-20)16-12-27(11-13-2-1-3-14(8-13)18(28)25-30)19(29)17(24-16)26-4-6-31-7-5-26/h1-3,8-10,12,30H,4-7,11H2,(H,25,28)(H2,21,22,23). The maximum absolute atomic E-state index is 13.2. The number of ether oxygens (including phenoxy) is 1. The molecule has 0 spiro atoms. The number of nitrogens with zero attached hydrogens (tertiary/aromatic N) is 5. The van der Waals surface area contributed by atoms with Gasteiger partial charge in [0.15, 0.2) is 5.82 Å². The van der Waals surface area contributed by atoms with Gasteiger partial charge < -0.3 is 19.9 Å². The number of morpholine rings is 1. The molecular formula is C20H21N7O4. The molecule has 1 amide bonds. The molecule has 0 aliphatic carbocycles. The van der Waals surface area contributed by atoms with Gasteiger partial charge in [-0.15, -0.1) is 0 Å². The van der Waals surface area contributed by atoms with Crippen LogP contribution in [0.2, 0.25) is 0 Å². The molecule has 1 saturated heterocycles. The number of amides is 1. The number of hydroxylamine groups is 1. The number of carbonyl (C=O) groups excluding carboxylic acids is 1. The lowest BCUT2D eigenvalue weighted by atomic mass is 10.1. The molecule has 1 aromatic carbocycles. The van der Waals surface area contributed by atoms with E-state index < -0.39 is 5.91 Å². The van der Waals surface area contributed by atoms with E-state index in [9.17, 15) is 9.59 Å². The Morgan fingerprint density at radius 2 is 1.97 bits per heavy atom. The minimum absolute atomic E-state index is 0.143. The average molecular weight is 423 g/mol. The molecule has 3 heterocycles. The van der Waals surface area contributed by atoms with Crippen LogP contribution in [0.5, 0.6) is 0 Å². The van der Waals surface area contributed by atoms with Crippen LogP contribution in [0.4, 0.5) is 11.8 Å². The molecule has 31 heavy (non-hydrogen) atoms.